The summed E-state index contributed by atoms with van der Waals surface area (Å²) in [6, 6.07) is 8.07. The fourth-order valence-electron chi connectivity index (χ4n) is 2.40. The van der Waals surface area contributed by atoms with Gasteiger partial charge in [0.1, 0.15) is 0 Å². The maximum Gasteiger partial charge on any atom is 0.167 e. The van der Waals surface area contributed by atoms with Gasteiger partial charge < -0.3 is 4.98 Å². The monoisotopic (exact) mass is 234 g/mol. The van der Waals surface area contributed by atoms with Crippen molar-refractivity contribution < 1.29 is 0 Å². The molecule has 18 heavy (non-hydrogen) atoms. The Morgan fingerprint density at radius 2 is 2.11 bits per heavy atom. The molecule has 0 bridgehead atoms. The van der Waals surface area contributed by atoms with Crippen LogP contribution >= 0.6 is 0 Å². The van der Waals surface area contributed by atoms with Gasteiger partial charge in [0.25, 0.3) is 0 Å². The molecule has 1 N–H and O–H groups in total. The number of aromatic nitrogens is 2. The van der Waals surface area contributed by atoms with E-state index in [9.17, 15) is 0 Å². The number of nitrogens with zero attached hydrogens (tertiary/aromatic N) is 3. The topological polar surface area (TPSA) is 53.4 Å². The average Bonchev–Trinajstić information content (AvgIpc) is 2.84. The van der Waals surface area contributed by atoms with E-state index in [0.29, 0.717) is 0 Å². The Hall–Kier alpha value is -2.49. The van der Waals surface area contributed by atoms with Gasteiger partial charge in [-0.2, -0.15) is 0 Å². The Morgan fingerprint density at radius 1 is 1.17 bits per heavy atom. The number of aliphatic imine (C=N–C) groups is 1. The van der Waals surface area contributed by atoms with Crippen LogP contribution in [0.4, 0.5) is 0 Å². The number of para-hydroxylation sites is 1. The highest BCUT2D eigenvalue weighted by molar-refractivity contribution is 5.81. The molecule has 4 heteroatoms. The lowest BCUT2D eigenvalue weighted by molar-refractivity contribution is 0.863. The molecule has 1 aromatic carbocycles. The van der Waals surface area contributed by atoms with Crippen LogP contribution in [0, 0.1) is 10.6 Å². The van der Waals surface area contributed by atoms with Gasteiger partial charge in [-0.15, -0.1) is 0 Å². The van der Waals surface area contributed by atoms with Crippen molar-refractivity contribution in [1.29, 1.82) is 0 Å². The normalized spacial score (nSPS) is 19.6. The molecule has 1 atom stereocenters. The van der Waals surface area contributed by atoms with Crippen molar-refractivity contribution >= 4 is 11.8 Å². The Kier molecular flexibility index (Phi) is 1.85. The zero-order valence-corrected chi connectivity index (χ0v) is 9.54. The molecule has 4 rings (SSSR count). The second-order valence-electron chi connectivity index (χ2n) is 4.26. The highest BCUT2D eigenvalue weighted by atomic mass is 15.0. The van der Waals surface area contributed by atoms with Gasteiger partial charge in [-0.1, -0.05) is 24.3 Å². The quantitative estimate of drug-likeness (QED) is 0.707. The molecule has 2 aliphatic heterocycles. The molecular weight excluding hydrogens is 224 g/mol. The average molecular weight is 234 g/mol. The van der Waals surface area contributed by atoms with Gasteiger partial charge >= 0.3 is 0 Å². The molecule has 0 radical (unpaired) electrons. The number of nitrogens with one attached hydrogen (secondary N) is 1. The summed E-state index contributed by atoms with van der Waals surface area (Å²) in [5.74, 6) is 0. The van der Waals surface area contributed by atoms with Crippen LogP contribution in [0.5, 0.6) is 0 Å². The summed E-state index contributed by atoms with van der Waals surface area (Å²) in [6.45, 7) is 0. The molecule has 4 nitrogen and oxygen atoms in total. The number of H-pyrrole nitrogens is 1. The molecule has 2 aliphatic rings. The zero-order chi connectivity index (χ0) is 11.9. The SMILES string of the molecule is C1=CC2=c3nc[nH]c3=c3ccccc3=NC2N=C1. The third-order valence-corrected chi connectivity index (χ3v) is 3.21. The van der Waals surface area contributed by atoms with Crippen LogP contribution in [0.2, 0.25) is 0 Å². The van der Waals surface area contributed by atoms with Crippen molar-refractivity contribution in [3.05, 3.63) is 64.0 Å². The lowest BCUT2D eigenvalue weighted by atomic mass is 10.1. The number of benzene rings is 1. The van der Waals surface area contributed by atoms with Gasteiger partial charge in [-0.05, 0) is 12.1 Å². The summed E-state index contributed by atoms with van der Waals surface area (Å²) in [4.78, 5) is 16.8. The van der Waals surface area contributed by atoms with Gasteiger partial charge in [0.05, 0.1) is 22.4 Å². The van der Waals surface area contributed by atoms with Crippen molar-refractivity contribution in [2.45, 2.75) is 6.17 Å². The predicted octanol–water partition coefficient (Wildman–Crippen LogP) is 0.447. The lowest BCUT2D eigenvalue weighted by Gasteiger charge is -2.09. The summed E-state index contributed by atoms with van der Waals surface area (Å²) < 4.78 is 0. The summed E-state index contributed by atoms with van der Waals surface area (Å²) in [5, 5.41) is 4.00. The van der Waals surface area contributed by atoms with E-state index in [1.165, 1.54) is 0 Å². The highest BCUT2D eigenvalue weighted by Gasteiger charge is 2.15. The Labute approximate surface area is 102 Å². The van der Waals surface area contributed by atoms with Crippen molar-refractivity contribution in [2.75, 3.05) is 0 Å². The van der Waals surface area contributed by atoms with E-state index in [1.807, 2.05) is 30.4 Å². The molecule has 0 aliphatic carbocycles. The predicted molar refractivity (Wildman–Crippen MR) is 68.3 cm³/mol. The number of aromatic amines is 1. The standard InChI is InChI=1S/C14H10N4/c1-2-6-11-9(4-1)12-13(17-8-16-12)10-5-3-7-15-14(10)18-11/h1-8,14H,(H,16,17). The summed E-state index contributed by atoms with van der Waals surface area (Å²) in [6.07, 6.45) is 7.30. The summed E-state index contributed by atoms with van der Waals surface area (Å²) in [7, 11) is 0. The first kappa shape index (κ1) is 9.53. The molecule has 0 saturated heterocycles. The van der Waals surface area contributed by atoms with Crippen LogP contribution in [0.25, 0.3) is 5.57 Å². The molecule has 86 valence electrons. The smallest absolute Gasteiger partial charge is 0.167 e. The van der Waals surface area contributed by atoms with E-state index in [-0.39, 0.29) is 6.17 Å². The number of dihydropyridines is 1. The molecular formula is C14H10N4. The van der Waals surface area contributed by atoms with Gasteiger partial charge in [0.2, 0.25) is 0 Å². The van der Waals surface area contributed by atoms with Crippen LogP contribution in [0.15, 0.2) is 52.7 Å². The van der Waals surface area contributed by atoms with E-state index in [0.717, 1.165) is 26.8 Å². The molecule has 0 saturated carbocycles. The number of rotatable bonds is 0. The third-order valence-electron chi connectivity index (χ3n) is 3.21. The maximum atomic E-state index is 4.70. The number of hydrogen-bond donors (Lipinski definition) is 1. The van der Waals surface area contributed by atoms with Gasteiger partial charge in [-0.25, -0.2) is 4.98 Å². The Bertz CT molecular complexity index is 886. The lowest BCUT2D eigenvalue weighted by Crippen LogP contribution is -2.17. The minimum atomic E-state index is -0.180. The second kappa shape index (κ2) is 3.50. The zero-order valence-electron chi connectivity index (χ0n) is 9.54. The molecule has 0 amide bonds. The second-order valence-corrected chi connectivity index (χ2v) is 4.26. The molecule has 2 aromatic rings. The highest BCUT2D eigenvalue weighted by Crippen LogP contribution is 2.13. The van der Waals surface area contributed by atoms with Gasteiger partial charge in [-0.3, -0.25) is 9.98 Å². The van der Waals surface area contributed by atoms with Crippen molar-refractivity contribution in [1.82, 2.24) is 9.97 Å². The minimum Gasteiger partial charge on any atom is -0.344 e. The summed E-state index contributed by atoms with van der Waals surface area (Å²) >= 11 is 0. The third kappa shape index (κ3) is 1.23. The first-order chi connectivity index (χ1) is 8.93. The fourth-order valence-corrected chi connectivity index (χ4v) is 2.40. The minimum absolute atomic E-state index is 0.180. The first-order valence-electron chi connectivity index (χ1n) is 5.84. The van der Waals surface area contributed by atoms with Crippen LogP contribution in [-0.2, 0) is 0 Å². The van der Waals surface area contributed by atoms with Gasteiger partial charge in [0.15, 0.2) is 6.17 Å². The first-order valence-corrected chi connectivity index (χ1v) is 5.84. The van der Waals surface area contributed by atoms with Crippen LogP contribution < -0.4 is 10.7 Å². The van der Waals surface area contributed by atoms with Crippen LogP contribution in [0.1, 0.15) is 0 Å². The number of imidazole rings is 1. The van der Waals surface area contributed by atoms with Crippen LogP contribution in [-0.4, -0.2) is 22.3 Å². The number of fused-ring (bicyclic) bond motifs is 3. The van der Waals surface area contributed by atoms with Crippen molar-refractivity contribution in [3.63, 3.8) is 0 Å². The molecule has 0 fully saturated rings. The maximum absolute atomic E-state index is 4.70. The molecule has 3 heterocycles. The number of hydrogen-bond acceptors (Lipinski definition) is 3. The van der Waals surface area contributed by atoms with E-state index < -0.39 is 0 Å². The van der Waals surface area contributed by atoms with E-state index >= 15 is 0 Å². The van der Waals surface area contributed by atoms with E-state index in [4.69, 9.17) is 4.99 Å². The summed E-state index contributed by atoms with van der Waals surface area (Å²) in [5.41, 5.74) is 1.05. The van der Waals surface area contributed by atoms with Crippen LogP contribution in [0.3, 0.4) is 0 Å². The van der Waals surface area contributed by atoms with Gasteiger partial charge in [0, 0.05) is 17.0 Å². The fraction of sp³-hybridized carbons (Fsp3) is 0.0714. The number of allylic oxidation sites excluding steroid dienone is 1. The van der Waals surface area contributed by atoms with Crippen molar-refractivity contribution in [3.8, 4) is 0 Å². The van der Waals surface area contributed by atoms with E-state index in [2.05, 4.69) is 21.0 Å². The Balaban J connectivity index is 2.36. The molecule has 1 aromatic heterocycles. The largest absolute Gasteiger partial charge is 0.344 e. The van der Waals surface area contributed by atoms with E-state index in [1.54, 1.807) is 12.5 Å². The Morgan fingerprint density at radius 3 is 3.11 bits per heavy atom. The van der Waals surface area contributed by atoms with Crippen molar-refractivity contribution in [2.24, 2.45) is 9.98 Å². The molecule has 0 spiro atoms. The molecule has 1 unspecified atom stereocenters.